The van der Waals surface area contributed by atoms with Gasteiger partial charge in [0.25, 0.3) is 5.91 Å². The third kappa shape index (κ3) is 3.36. The van der Waals surface area contributed by atoms with Gasteiger partial charge in [0.15, 0.2) is 5.60 Å². The lowest BCUT2D eigenvalue weighted by atomic mass is 9.83. The van der Waals surface area contributed by atoms with Crippen LogP contribution in [-0.4, -0.2) is 41.1 Å². The lowest BCUT2D eigenvalue weighted by molar-refractivity contribution is -0.157. The predicted molar refractivity (Wildman–Crippen MR) is 83.3 cm³/mol. The van der Waals surface area contributed by atoms with E-state index >= 15 is 0 Å². The van der Waals surface area contributed by atoms with Gasteiger partial charge in [0, 0.05) is 19.6 Å². The standard InChI is InChI=1S/C17H26N2O3/c1-13-6-7-15(22-13)10-18-12-17(21)8-3-9-19(16(17)20)11-14-4-2-5-14/h6-7,14,18,21H,2-5,8-12H2,1H3. The predicted octanol–water partition coefficient (Wildman–Crippen LogP) is 1.83. The summed E-state index contributed by atoms with van der Waals surface area (Å²) in [5, 5.41) is 13.9. The Morgan fingerprint density at radius 1 is 1.41 bits per heavy atom. The maximum atomic E-state index is 12.6. The number of hydrogen-bond donors (Lipinski definition) is 2. The minimum absolute atomic E-state index is 0.103. The zero-order valence-corrected chi connectivity index (χ0v) is 13.3. The number of nitrogens with zero attached hydrogens (tertiary/aromatic N) is 1. The summed E-state index contributed by atoms with van der Waals surface area (Å²) in [7, 11) is 0. The maximum absolute atomic E-state index is 12.6. The average molecular weight is 306 g/mol. The number of likely N-dealkylation sites (tertiary alicyclic amines) is 1. The van der Waals surface area contributed by atoms with E-state index in [1.807, 2.05) is 24.0 Å². The van der Waals surface area contributed by atoms with Crippen molar-refractivity contribution in [2.24, 2.45) is 5.92 Å². The van der Waals surface area contributed by atoms with Crippen LogP contribution < -0.4 is 5.32 Å². The zero-order valence-electron chi connectivity index (χ0n) is 13.3. The number of nitrogens with one attached hydrogen (secondary N) is 1. The van der Waals surface area contributed by atoms with Crippen LogP contribution in [0.4, 0.5) is 0 Å². The van der Waals surface area contributed by atoms with Crippen LogP contribution in [0, 0.1) is 12.8 Å². The molecule has 1 aliphatic heterocycles. The molecule has 0 bridgehead atoms. The second kappa shape index (κ2) is 6.42. The van der Waals surface area contributed by atoms with Crippen molar-refractivity contribution in [3.8, 4) is 0 Å². The molecule has 1 atom stereocenters. The fourth-order valence-corrected chi connectivity index (χ4v) is 3.36. The summed E-state index contributed by atoms with van der Waals surface area (Å²) in [6, 6.07) is 3.83. The van der Waals surface area contributed by atoms with Gasteiger partial charge in [-0.2, -0.15) is 0 Å². The highest BCUT2D eigenvalue weighted by Crippen LogP contribution is 2.30. The van der Waals surface area contributed by atoms with Crippen molar-refractivity contribution in [2.45, 2.75) is 51.2 Å². The van der Waals surface area contributed by atoms with Crippen molar-refractivity contribution in [3.63, 3.8) is 0 Å². The molecule has 5 heteroatoms. The Morgan fingerprint density at radius 2 is 2.23 bits per heavy atom. The molecule has 122 valence electrons. The van der Waals surface area contributed by atoms with Crippen LogP contribution in [0.1, 0.15) is 43.6 Å². The van der Waals surface area contributed by atoms with Crippen molar-refractivity contribution < 1.29 is 14.3 Å². The quantitative estimate of drug-likeness (QED) is 0.841. The molecule has 0 spiro atoms. The van der Waals surface area contributed by atoms with E-state index in [9.17, 15) is 9.90 Å². The Balaban J connectivity index is 1.52. The van der Waals surface area contributed by atoms with Crippen LogP contribution in [0.2, 0.25) is 0 Å². The fraction of sp³-hybridized carbons (Fsp3) is 0.706. The largest absolute Gasteiger partial charge is 0.465 e. The number of aliphatic hydroxyl groups is 1. The SMILES string of the molecule is Cc1ccc(CNCC2(O)CCCN(CC3CCC3)C2=O)o1. The zero-order chi connectivity index (χ0) is 15.6. The molecule has 3 rings (SSSR count). The molecule has 2 N–H and O–H groups in total. The van der Waals surface area contributed by atoms with E-state index in [0.29, 0.717) is 18.9 Å². The molecule has 2 heterocycles. The van der Waals surface area contributed by atoms with Crippen LogP contribution in [0.3, 0.4) is 0 Å². The van der Waals surface area contributed by atoms with Gasteiger partial charge in [-0.15, -0.1) is 0 Å². The molecule has 22 heavy (non-hydrogen) atoms. The molecule has 0 aromatic carbocycles. The number of piperidine rings is 1. The number of carbonyl (C=O) groups excluding carboxylic acids is 1. The van der Waals surface area contributed by atoms with E-state index in [1.54, 1.807) is 0 Å². The number of furan rings is 1. The molecular weight excluding hydrogens is 280 g/mol. The molecule has 1 aromatic rings. The van der Waals surface area contributed by atoms with Crippen LogP contribution in [0.15, 0.2) is 16.5 Å². The van der Waals surface area contributed by atoms with Gasteiger partial charge in [-0.25, -0.2) is 0 Å². The second-order valence-electron chi connectivity index (χ2n) is 6.80. The summed E-state index contributed by atoms with van der Waals surface area (Å²) < 4.78 is 5.49. The monoisotopic (exact) mass is 306 g/mol. The first-order valence-electron chi connectivity index (χ1n) is 8.35. The topological polar surface area (TPSA) is 65.7 Å². The van der Waals surface area contributed by atoms with Crippen LogP contribution in [0.25, 0.3) is 0 Å². The van der Waals surface area contributed by atoms with Crippen molar-refractivity contribution in [1.29, 1.82) is 0 Å². The highest BCUT2D eigenvalue weighted by molar-refractivity contribution is 5.86. The molecule has 1 amide bonds. The minimum atomic E-state index is -1.26. The molecule has 0 radical (unpaired) electrons. The number of rotatable bonds is 6. The van der Waals surface area contributed by atoms with Gasteiger partial charge in [0.1, 0.15) is 11.5 Å². The Kier molecular flexibility index (Phi) is 4.54. The molecule has 2 fully saturated rings. The molecule has 1 aromatic heterocycles. The van der Waals surface area contributed by atoms with E-state index in [0.717, 1.165) is 31.0 Å². The van der Waals surface area contributed by atoms with Gasteiger partial charge in [-0.05, 0) is 50.7 Å². The van der Waals surface area contributed by atoms with Gasteiger partial charge >= 0.3 is 0 Å². The van der Waals surface area contributed by atoms with E-state index in [4.69, 9.17) is 4.42 Å². The summed E-state index contributed by atoms with van der Waals surface area (Å²) in [6.45, 7) is 4.33. The number of carbonyl (C=O) groups is 1. The van der Waals surface area contributed by atoms with Crippen molar-refractivity contribution >= 4 is 5.91 Å². The number of aryl methyl sites for hydroxylation is 1. The molecule has 1 saturated heterocycles. The van der Waals surface area contributed by atoms with Crippen LogP contribution in [0.5, 0.6) is 0 Å². The number of amides is 1. The Bertz CT molecular complexity index is 524. The summed E-state index contributed by atoms with van der Waals surface area (Å²) >= 11 is 0. The minimum Gasteiger partial charge on any atom is -0.465 e. The van der Waals surface area contributed by atoms with Gasteiger partial charge in [-0.1, -0.05) is 6.42 Å². The summed E-state index contributed by atoms with van der Waals surface area (Å²) in [5.41, 5.74) is -1.26. The summed E-state index contributed by atoms with van der Waals surface area (Å²) in [4.78, 5) is 14.4. The Labute approximate surface area is 131 Å². The van der Waals surface area contributed by atoms with Gasteiger partial charge in [0.2, 0.25) is 0 Å². The van der Waals surface area contributed by atoms with Crippen molar-refractivity contribution in [2.75, 3.05) is 19.6 Å². The van der Waals surface area contributed by atoms with Crippen LogP contribution in [-0.2, 0) is 11.3 Å². The lowest BCUT2D eigenvalue weighted by Crippen LogP contribution is -2.58. The summed E-state index contributed by atoms with van der Waals surface area (Å²) in [5.74, 6) is 2.24. The van der Waals surface area contributed by atoms with E-state index in [1.165, 1.54) is 19.3 Å². The van der Waals surface area contributed by atoms with Gasteiger partial charge in [0.05, 0.1) is 6.54 Å². The van der Waals surface area contributed by atoms with E-state index < -0.39 is 5.60 Å². The molecule has 1 aliphatic carbocycles. The third-order valence-corrected chi connectivity index (χ3v) is 4.92. The third-order valence-electron chi connectivity index (χ3n) is 4.92. The first kappa shape index (κ1) is 15.6. The number of hydrogen-bond acceptors (Lipinski definition) is 4. The van der Waals surface area contributed by atoms with Crippen LogP contribution >= 0.6 is 0 Å². The summed E-state index contributed by atoms with van der Waals surface area (Å²) in [6.07, 6.45) is 5.13. The normalized spacial score (nSPS) is 26.3. The van der Waals surface area contributed by atoms with E-state index in [-0.39, 0.29) is 12.5 Å². The smallest absolute Gasteiger partial charge is 0.255 e. The highest BCUT2D eigenvalue weighted by atomic mass is 16.3. The Hall–Kier alpha value is -1.33. The van der Waals surface area contributed by atoms with Gasteiger partial charge in [-0.3, -0.25) is 4.79 Å². The Morgan fingerprint density at radius 3 is 2.86 bits per heavy atom. The fourth-order valence-electron chi connectivity index (χ4n) is 3.36. The average Bonchev–Trinajstić information content (AvgIpc) is 2.84. The molecule has 2 aliphatic rings. The van der Waals surface area contributed by atoms with Crippen molar-refractivity contribution in [1.82, 2.24) is 10.2 Å². The van der Waals surface area contributed by atoms with Crippen molar-refractivity contribution in [3.05, 3.63) is 23.7 Å². The lowest BCUT2D eigenvalue weighted by Gasteiger charge is -2.41. The van der Waals surface area contributed by atoms with Gasteiger partial charge < -0.3 is 19.7 Å². The highest BCUT2D eigenvalue weighted by Gasteiger charge is 2.42. The first-order valence-corrected chi connectivity index (χ1v) is 8.35. The first-order chi connectivity index (χ1) is 10.6. The second-order valence-corrected chi connectivity index (χ2v) is 6.80. The van der Waals surface area contributed by atoms with E-state index in [2.05, 4.69) is 5.32 Å². The maximum Gasteiger partial charge on any atom is 0.255 e. The molecule has 1 unspecified atom stereocenters. The molecular formula is C17H26N2O3. The molecule has 5 nitrogen and oxygen atoms in total. The molecule has 1 saturated carbocycles.